The number of ketones is 1. The van der Waals surface area contributed by atoms with Gasteiger partial charge in [0.1, 0.15) is 16.9 Å². The van der Waals surface area contributed by atoms with Gasteiger partial charge in [-0.3, -0.25) is 19.4 Å². The van der Waals surface area contributed by atoms with Crippen molar-refractivity contribution in [1.82, 2.24) is 5.48 Å². The second kappa shape index (κ2) is 8.28. The molecule has 0 unspecified atom stereocenters. The van der Waals surface area contributed by atoms with E-state index in [0.29, 0.717) is 12.3 Å². The van der Waals surface area contributed by atoms with Crippen LogP contribution in [0.15, 0.2) is 38.5 Å². The number of hydrogen-bond acceptors (Lipinski definition) is 8. The molecule has 2 aromatic rings. The van der Waals surface area contributed by atoms with Gasteiger partial charge in [0.15, 0.2) is 5.78 Å². The van der Waals surface area contributed by atoms with Crippen molar-refractivity contribution < 1.29 is 29.1 Å². The molecule has 0 saturated carbocycles. The number of nitrogens with zero attached hydrogens (tertiary/aromatic N) is 1. The maximum absolute atomic E-state index is 12.0. The van der Waals surface area contributed by atoms with Crippen LogP contribution in [0.2, 0.25) is 0 Å². The highest BCUT2D eigenvalue weighted by Crippen LogP contribution is 2.29. The van der Waals surface area contributed by atoms with Gasteiger partial charge in [-0.05, 0) is 39.0 Å². The smallest absolute Gasteiger partial charge is 0.351 e. The zero-order valence-electron chi connectivity index (χ0n) is 14.9. The van der Waals surface area contributed by atoms with Crippen molar-refractivity contribution in [3.8, 4) is 11.7 Å². The number of rotatable bonds is 6. The Hall–Kier alpha value is -3.46. The van der Waals surface area contributed by atoms with E-state index in [0.717, 1.165) is 6.92 Å². The molecular formula is C18H18N2O7. The second-order valence-electron chi connectivity index (χ2n) is 5.46. The molecule has 142 valence electrons. The molecule has 0 spiro atoms. The normalized spacial score (nSPS) is 11.3. The van der Waals surface area contributed by atoms with Gasteiger partial charge in [0.05, 0.1) is 18.0 Å². The molecule has 0 atom stereocenters. The quantitative estimate of drug-likeness (QED) is 0.400. The second-order valence-corrected chi connectivity index (χ2v) is 5.46. The first-order valence-corrected chi connectivity index (χ1v) is 7.94. The van der Waals surface area contributed by atoms with E-state index in [-0.39, 0.29) is 16.8 Å². The van der Waals surface area contributed by atoms with Crippen LogP contribution < -0.4 is 11.1 Å². The summed E-state index contributed by atoms with van der Waals surface area (Å²) in [6.07, 6.45) is 0. The van der Waals surface area contributed by atoms with Crippen molar-refractivity contribution in [2.45, 2.75) is 20.8 Å². The molecule has 0 aliphatic carbocycles. The number of nitrogens with one attached hydrogen (secondary N) is 1. The van der Waals surface area contributed by atoms with E-state index < -0.39 is 34.6 Å². The van der Waals surface area contributed by atoms with Gasteiger partial charge in [-0.15, -0.1) is 0 Å². The molecule has 27 heavy (non-hydrogen) atoms. The van der Waals surface area contributed by atoms with E-state index in [2.05, 4.69) is 14.9 Å². The number of aliphatic imine (C=N–C) groups is 1. The lowest BCUT2D eigenvalue weighted by Crippen LogP contribution is -2.23. The lowest BCUT2D eigenvalue weighted by molar-refractivity contribution is 0.0364. The van der Waals surface area contributed by atoms with Crippen molar-refractivity contribution in [1.29, 1.82) is 0 Å². The van der Waals surface area contributed by atoms with Crippen LogP contribution in [0.3, 0.4) is 0 Å². The van der Waals surface area contributed by atoms with Crippen LogP contribution in [0.1, 0.15) is 47.1 Å². The van der Waals surface area contributed by atoms with Gasteiger partial charge in [0.25, 0.3) is 11.9 Å². The van der Waals surface area contributed by atoms with E-state index in [1.54, 1.807) is 25.1 Å². The van der Waals surface area contributed by atoms with E-state index in [1.807, 2.05) is 0 Å². The molecule has 0 fully saturated rings. The number of hydrogen-bond donors (Lipinski definition) is 3. The van der Waals surface area contributed by atoms with Crippen molar-refractivity contribution in [3.63, 3.8) is 0 Å². The third kappa shape index (κ3) is 4.39. The van der Waals surface area contributed by atoms with Gasteiger partial charge in [-0.25, -0.2) is 10.3 Å². The SMILES string of the molecule is CCONC(=O)c1cccc(N=C(C)c2c(O)c(C(C)=O)c(O)oc2=O)c1. The predicted octanol–water partition coefficient (Wildman–Crippen LogP) is 2.08. The fraction of sp³-hybridized carbons (Fsp3) is 0.222. The minimum absolute atomic E-state index is 0.0334. The zero-order chi connectivity index (χ0) is 20.1. The van der Waals surface area contributed by atoms with Gasteiger partial charge in [0.2, 0.25) is 0 Å². The van der Waals surface area contributed by atoms with Crippen molar-refractivity contribution in [2.75, 3.05) is 6.61 Å². The van der Waals surface area contributed by atoms with E-state index >= 15 is 0 Å². The average Bonchev–Trinajstić information content (AvgIpc) is 2.58. The lowest BCUT2D eigenvalue weighted by atomic mass is 10.1. The number of aromatic hydroxyl groups is 2. The standard InChI is InChI=1S/C18H18N2O7/c1-4-26-20-16(23)11-6-5-7-12(8-11)19-9(2)13-15(22)14(10(3)21)18(25)27-17(13)24/h5-8,22,25H,4H2,1-3H3,(H,20,23). The molecule has 3 N–H and O–H groups in total. The Morgan fingerprint density at radius 1 is 1.22 bits per heavy atom. The monoisotopic (exact) mass is 374 g/mol. The first kappa shape index (κ1) is 19.9. The van der Waals surface area contributed by atoms with Crippen molar-refractivity contribution in [2.24, 2.45) is 4.99 Å². The molecule has 9 heteroatoms. The molecule has 0 saturated heterocycles. The minimum atomic E-state index is -1.05. The third-order valence-corrected chi connectivity index (χ3v) is 3.51. The van der Waals surface area contributed by atoms with Crippen LogP contribution in [0.4, 0.5) is 5.69 Å². The van der Waals surface area contributed by atoms with Gasteiger partial charge in [-0.2, -0.15) is 0 Å². The first-order chi connectivity index (χ1) is 12.8. The molecule has 1 aromatic heterocycles. The summed E-state index contributed by atoms with van der Waals surface area (Å²) < 4.78 is 4.60. The molecule has 2 rings (SSSR count). The van der Waals surface area contributed by atoms with Crippen molar-refractivity contribution in [3.05, 3.63) is 51.4 Å². The molecular weight excluding hydrogens is 356 g/mol. The maximum Gasteiger partial charge on any atom is 0.351 e. The molecule has 0 bridgehead atoms. The zero-order valence-corrected chi connectivity index (χ0v) is 14.9. The maximum atomic E-state index is 12.0. The molecule has 1 heterocycles. The van der Waals surface area contributed by atoms with Crippen LogP contribution in [0.25, 0.3) is 0 Å². The third-order valence-electron chi connectivity index (χ3n) is 3.51. The Morgan fingerprint density at radius 3 is 2.56 bits per heavy atom. The van der Waals surface area contributed by atoms with Gasteiger partial charge in [0, 0.05) is 5.56 Å². The number of carbonyl (C=O) groups is 2. The highest BCUT2D eigenvalue weighted by Gasteiger charge is 2.24. The summed E-state index contributed by atoms with van der Waals surface area (Å²) in [6.45, 7) is 4.54. The lowest BCUT2D eigenvalue weighted by Gasteiger charge is -2.08. The Morgan fingerprint density at radius 2 is 1.93 bits per heavy atom. The van der Waals surface area contributed by atoms with E-state index in [1.165, 1.54) is 13.0 Å². The number of hydroxylamine groups is 1. The van der Waals surface area contributed by atoms with Crippen LogP contribution in [0, 0.1) is 0 Å². The van der Waals surface area contributed by atoms with Crippen LogP contribution in [-0.2, 0) is 4.84 Å². The summed E-state index contributed by atoms with van der Waals surface area (Å²) >= 11 is 0. The number of benzene rings is 1. The summed E-state index contributed by atoms with van der Waals surface area (Å²) in [4.78, 5) is 44.5. The molecule has 0 aliphatic heterocycles. The van der Waals surface area contributed by atoms with Crippen LogP contribution in [-0.4, -0.2) is 34.2 Å². The van der Waals surface area contributed by atoms with Gasteiger partial charge >= 0.3 is 5.63 Å². The van der Waals surface area contributed by atoms with Crippen molar-refractivity contribution >= 4 is 23.1 Å². The molecule has 1 aromatic carbocycles. The summed E-state index contributed by atoms with van der Waals surface area (Å²) in [7, 11) is 0. The highest BCUT2D eigenvalue weighted by molar-refractivity contribution is 6.07. The molecule has 9 nitrogen and oxygen atoms in total. The Balaban J connectivity index is 2.47. The summed E-state index contributed by atoms with van der Waals surface area (Å²) in [6, 6.07) is 6.14. The van der Waals surface area contributed by atoms with E-state index in [9.17, 15) is 24.6 Å². The molecule has 1 amide bonds. The Bertz CT molecular complexity index is 976. The average molecular weight is 374 g/mol. The molecule has 0 radical (unpaired) electrons. The fourth-order valence-corrected chi connectivity index (χ4v) is 2.31. The van der Waals surface area contributed by atoms with E-state index in [4.69, 9.17) is 4.84 Å². The van der Waals surface area contributed by atoms with Gasteiger partial charge < -0.3 is 14.6 Å². The van der Waals surface area contributed by atoms with Crippen LogP contribution in [0.5, 0.6) is 11.7 Å². The number of amides is 1. The minimum Gasteiger partial charge on any atom is -0.506 e. The summed E-state index contributed by atoms with van der Waals surface area (Å²) in [5.74, 6) is -2.84. The Labute approximate surface area is 153 Å². The first-order valence-electron chi connectivity index (χ1n) is 7.94. The number of carbonyl (C=O) groups excluding carboxylic acids is 2. The topological polar surface area (TPSA) is 138 Å². The summed E-state index contributed by atoms with van der Waals surface area (Å²) in [5, 5.41) is 19.8. The highest BCUT2D eigenvalue weighted by atomic mass is 16.6. The van der Waals surface area contributed by atoms with Crippen LogP contribution >= 0.6 is 0 Å². The molecule has 0 aliphatic rings. The van der Waals surface area contributed by atoms with Gasteiger partial charge in [-0.1, -0.05) is 6.07 Å². The largest absolute Gasteiger partial charge is 0.506 e. The fourth-order valence-electron chi connectivity index (χ4n) is 2.31. The predicted molar refractivity (Wildman–Crippen MR) is 95.7 cm³/mol. The Kier molecular flexibility index (Phi) is 6.09. The number of Topliss-reactive ketones (excluding diaryl/α,β-unsaturated/α-hetero) is 1. The summed E-state index contributed by atoms with van der Waals surface area (Å²) in [5.41, 5.74) is 0.938.